The van der Waals surface area contributed by atoms with Gasteiger partial charge in [-0.2, -0.15) is 0 Å². The van der Waals surface area contributed by atoms with Gasteiger partial charge in [0.1, 0.15) is 13.2 Å². The van der Waals surface area contributed by atoms with E-state index in [1.54, 1.807) is 30.3 Å². The standard InChI is InChI=1S/C19H20N2O5S/c22-19(21-9-1-2-10-21)14-3-5-15(6-4-14)20-27(23,24)16-7-8-17-18(13-16)26-12-11-25-17/h3-8,13,20H,1-2,9-12H2. The van der Waals surface area contributed by atoms with Gasteiger partial charge >= 0.3 is 0 Å². The molecule has 0 spiro atoms. The van der Waals surface area contributed by atoms with Gasteiger partial charge in [-0.15, -0.1) is 0 Å². The Morgan fingerprint density at radius 2 is 1.59 bits per heavy atom. The third kappa shape index (κ3) is 3.71. The minimum absolute atomic E-state index is 0.0197. The zero-order valence-corrected chi connectivity index (χ0v) is 15.5. The van der Waals surface area contributed by atoms with Gasteiger partial charge < -0.3 is 14.4 Å². The Hall–Kier alpha value is -2.74. The molecule has 8 heteroatoms. The predicted octanol–water partition coefficient (Wildman–Crippen LogP) is 2.49. The summed E-state index contributed by atoms with van der Waals surface area (Å²) in [5.41, 5.74) is 0.946. The van der Waals surface area contributed by atoms with Crippen molar-refractivity contribution in [1.29, 1.82) is 0 Å². The van der Waals surface area contributed by atoms with E-state index in [2.05, 4.69) is 4.72 Å². The van der Waals surface area contributed by atoms with Crippen molar-refractivity contribution in [2.24, 2.45) is 0 Å². The molecule has 0 aromatic heterocycles. The Balaban J connectivity index is 1.50. The van der Waals surface area contributed by atoms with Crippen molar-refractivity contribution in [1.82, 2.24) is 4.90 Å². The molecular weight excluding hydrogens is 368 g/mol. The van der Waals surface area contributed by atoms with Gasteiger partial charge in [0.15, 0.2) is 11.5 Å². The van der Waals surface area contributed by atoms with Crippen LogP contribution < -0.4 is 14.2 Å². The first-order chi connectivity index (χ1) is 13.0. The van der Waals surface area contributed by atoms with E-state index >= 15 is 0 Å². The van der Waals surface area contributed by atoms with Crippen LogP contribution in [-0.2, 0) is 10.0 Å². The fraction of sp³-hybridized carbons (Fsp3) is 0.316. The second-order valence-electron chi connectivity index (χ2n) is 6.49. The molecule has 0 radical (unpaired) electrons. The molecule has 142 valence electrons. The Labute approximate surface area is 157 Å². The molecule has 2 aliphatic rings. The number of amides is 1. The number of nitrogens with one attached hydrogen (secondary N) is 1. The van der Waals surface area contributed by atoms with Gasteiger partial charge in [-0.1, -0.05) is 0 Å². The molecule has 0 atom stereocenters. The average Bonchev–Trinajstić information content (AvgIpc) is 3.22. The molecule has 1 fully saturated rings. The van der Waals surface area contributed by atoms with Crippen LogP contribution in [0.15, 0.2) is 47.4 Å². The summed E-state index contributed by atoms with van der Waals surface area (Å²) in [4.78, 5) is 14.3. The maximum absolute atomic E-state index is 12.6. The summed E-state index contributed by atoms with van der Waals surface area (Å²) in [5, 5.41) is 0. The largest absolute Gasteiger partial charge is 0.486 e. The smallest absolute Gasteiger partial charge is 0.262 e. The topological polar surface area (TPSA) is 84.9 Å². The van der Waals surface area contributed by atoms with Crippen LogP contribution in [0.25, 0.3) is 0 Å². The number of hydrogen-bond donors (Lipinski definition) is 1. The summed E-state index contributed by atoms with van der Waals surface area (Å²) in [6.45, 7) is 2.38. The second-order valence-corrected chi connectivity index (χ2v) is 8.17. The predicted molar refractivity (Wildman–Crippen MR) is 99.8 cm³/mol. The highest BCUT2D eigenvalue weighted by molar-refractivity contribution is 7.92. The van der Waals surface area contributed by atoms with Crippen molar-refractivity contribution in [3.05, 3.63) is 48.0 Å². The van der Waals surface area contributed by atoms with Crippen LogP contribution in [0.1, 0.15) is 23.2 Å². The minimum Gasteiger partial charge on any atom is -0.486 e. The molecule has 1 amide bonds. The average molecular weight is 388 g/mol. The lowest BCUT2D eigenvalue weighted by Crippen LogP contribution is -2.27. The number of fused-ring (bicyclic) bond motifs is 1. The fourth-order valence-electron chi connectivity index (χ4n) is 3.19. The van der Waals surface area contributed by atoms with E-state index < -0.39 is 10.0 Å². The van der Waals surface area contributed by atoms with E-state index in [0.29, 0.717) is 36.0 Å². The number of anilines is 1. The molecule has 2 heterocycles. The summed E-state index contributed by atoms with van der Waals surface area (Å²) >= 11 is 0. The van der Waals surface area contributed by atoms with E-state index in [9.17, 15) is 13.2 Å². The molecule has 2 aromatic carbocycles. The molecule has 0 unspecified atom stereocenters. The number of carbonyl (C=O) groups excluding carboxylic acids is 1. The highest BCUT2D eigenvalue weighted by Gasteiger charge is 2.21. The Bertz CT molecular complexity index is 951. The Morgan fingerprint density at radius 1 is 0.926 bits per heavy atom. The zero-order chi connectivity index (χ0) is 18.9. The maximum atomic E-state index is 12.6. The first-order valence-corrected chi connectivity index (χ1v) is 10.3. The molecular formula is C19H20N2O5S. The van der Waals surface area contributed by atoms with Crippen LogP contribution in [0, 0.1) is 0 Å². The first-order valence-electron chi connectivity index (χ1n) is 8.85. The third-order valence-electron chi connectivity index (χ3n) is 4.60. The number of rotatable bonds is 4. The molecule has 2 aromatic rings. The number of sulfonamides is 1. The van der Waals surface area contributed by atoms with Gasteiger partial charge in [-0.3, -0.25) is 9.52 Å². The maximum Gasteiger partial charge on any atom is 0.262 e. The lowest BCUT2D eigenvalue weighted by atomic mass is 10.2. The van der Waals surface area contributed by atoms with Gasteiger partial charge in [0.05, 0.1) is 4.90 Å². The molecule has 0 saturated carbocycles. The van der Waals surface area contributed by atoms with Crippen molar-refractivity contribution in [2.45, 2.75) is 17.7 Å². The first kappa shape index (κ1) is 17.7. The SMILES string of the molecule is O=C(c1ccc(NS(=O)(=O)c2ccc3c(c2)OCCO3)cc1)N1CCCC1. The summed E-state index contributed by atoms with van der Waals surface area (Å²) in [5.74, 6) is 0.925. The summed E-state index contributed by atoms with van der Waals surface area (Å²) in [7, 11) is -3.78. The molecule has 2 aliphatic heterocycles. The summed E-state index contributed by atoms with van der Waals surface area (Å²) in [6.07, 6.45) is 2.05. The van der Waals surface area contributed by atoms with E-state index in [1.807, 2.05) is 4.90 Å². The summed E-state index contributed by atoms with van der Waals surface area (Å²) < 4.78 is 38.6. The fourth-order valence-corrected chi connectivity index (χ4v) is 4.26. The number of likely N-dealkylation sites (tertiary alicyclic amines) is 1. The quantitative estimate of drug-likeness (QED) is 0.870. The zero-order valence-electron chi connectivity index (χ0n) is 14.7. The molecule has 7 nitrogen and oxygen atoms in total. The van der Waals surface area contributed by atoms with Gasteiger partial charge in [-0.05, 0) is 49.2 Å². The van der Waals surface area contributed by atoms with E-state index in [-0.39, 0.29) is 10.8 Å². The molecule has 1 N–H and O–H groups in total. The van der Waals surface area contributed by atoms with E-state index in [4.69, 9.17) is 9.47 Å². The number of nitrogens with zero attached hydrogens (tertiary/aromatic N) is 1. The van der Waals surface area contributed by atoms with Crippen LogP contribution in [0.4, 0.5) is 5.69 Å². The van der Waals surface area contributed by atoms with Crippen LogP contribution in [0.2, 0.25) is 0 Å². The van der Waals surface area contributed by atoms with Crippen molar-refractivity contribution in [2.75, 3.05) is 31.0 Å². The van der Waals surface area contributed by atoms with Crippen molar-refractivity contribution < 1.29 is 22.7 Å². The lowest BCUT2D eigenvalue weighted by molar-refractivity contribution is 0.0793. The lowest BCUT2D eigenvalue weighted by Gasteiger charge is -2.19. The molecule has 0 bridgehead atoms. The normalized spacial score (nSPS) is 16.2. The molecule has 4 rings (SSSR count). The van der Waals surface area contributed by atoms with Crippen molar-refractivity contribution in [3.8, 4) is 11.5 Å². The van der Waals surface area contributed by atoms with Gasteiger partial charge in [0.2, 0.25) is 0 Å². The summed E-state index contributed by atoms with van der Waals surface area (Å²) in [6, 6.07) is 11.0. The molecule has 1 saturated heterocycles. The van der Waals surface area contributed by atoms with Gasteiger partial charge in [0, 0.05) is 30.4 Å². The van der Waals surface area contributed by atoms with E-state index in [1.165, 1.54) is 12.1 Å². The highest BCUT2D eigenvalue weighted by Crippen LogP contribution is 2.32. The van der Waals surface area contributed by atoms with E-state index in [0.717, 1.165) is 25.9 Å². The van der Waals surface area contributed by atoms with Crippen LogP contribution in [0.5, 0.6) is 11.5 Å². The number of benzene rings is 2. The van der Waals surface area contributed by atoms with Gasteiger partial charge in [-0.25, -0.2) is 8.42 Å². The number of hydrogen-bond acceptors (Lipinski definition) is 5. The number of ether oxygens (including phenoxy) is 2. The monoisotopic (exact) mass is 388 g/mol. The number of carbonyl (C=O) groups is 1. The minimum atomic E-state index is -3.78. The Morgan fingerprint density at radius 3 is 2.30 bits per heavy atom. The third-order valence-corrected chi connectivity index (χ3v) is 5.98. The second kappa shape index (κ2) is 7.11. The Kier molecular flexibility index (Phi) is 4.65. The van der Waals surface area contributed by atoms with Crippen LogP contribution in [-0.4, -0.2) is 45.5 Å². The molecule has 27 heavy (non-hydrogen) atoms. The van der Waals surface area contributed by atoms with Crippen LogP contribution >= 0.6 is 0 Å². The van der Waals surface area contributed by atoms with Crippen LogP contribution in [0.3, 0.4) is 0 Å². The highest BCUT2D eigenvalue weighted by atomic mass is 32.2. The van der Waals surface area contributed by atoms with Gasteiger partial charge in [0.25, 0.3) is 15.9 Å². The van der Waals surface area contributed by atoms with Crippen molar-refractivity contribution in [3.63, 3.8) is 0 Å². The van der Waals surface area contributed by atoms with Crippen molar-refractivity contribution >= 4 is 21.6 Å². The molecule has 0 aliphatic carbocycles.